The second kappa shape index (κ2) is 11.1. The van der Waals surface area contributed by atoms with Crippen LogP contribution in [-0.4, -0.2) is 28.3 Å². The Labute approximate surface area is 211 Å². The van der Waals surface area contributed by atoms with Crippen molar-refractivity contribution in [2.75, 3.05) is 6.61 Å². The number of rotatable bonds is 11. The molecule has 0 aliphatic carbocycles. The molecule has 186 valence electrons. The molecule has 1 aromatic heterocycles. The van der Waals surface area contributed by atoms with E-state index >= 15 is 0 Å². The van der Waals surface area contributed by atoms with E-state index < -0.39 is 11.6 Å². The smallest absolute Gasteiger partial charge is 0.347 e. The Morgan fingerprint density at radius 2 is 1.47 bits per heavy atom. The van der Waals surface area contributed by atoms with Crippen molar-refractivity contribution in [1.82, 2.24) is 4.98 Å². The maximum Gasteiger partial charge on any atom is 0.347 e. The summed E-state index contributed by atoms with van der Waals surface area (Å²) in [6.45, 7) is 5.58. The highest BCUT2D eigenvalue weighted by Crippen LogP contribution is 2.27. The number of ether oxygens (including phenoxy) is 2. The summed E-state index contributed by atoms with van der Waals surface area (Å²) in [5.41, 5.74) is 2.87. The summed E-state index contributed by atoms with van der Waals surface area (Å²) in [6, 6.07) is 25.5. The topological polar surface area (TPSA) is 81.8 Å². The zero-order valence-corrected chi connectivity index (χ0v) is 20.9. The van der Waals surface area contributed by atoms with E-state index in [1.54, 1.807) is 24.3 Å². The summed E-state index contributed by atoms with van der Waals surface area (Å²) in [5.74, 6) is 1.63. The Balaban J connectivity index is 1.40. The van der Waals surface area contributed by atoms with Crippen LogP contribution >= 0.6 is 0 Å². The molecule has 0 saturated carbocycles. The molecule has 0 fully saturated rings. The van der Waals surface area contributed by atoms with Gasteiger partial charge in [-0.25, -0.2) is 9.78 Å². The SMILES string of the molecule is CCCc1oc(-c2ccc(-c3ccccc3)cc2)nc1CCOc1ccc(OC(C)(C)C(=O)O)cc1. The molecule has 0 spiro atoms. The molecule has 3 aromatic carbocycles. The molecule has 6 nitrogen and oxygen atoms in total. The summed E-state index contributed by atoms with van der Waals surface area (Å²) < 4.78 is 17.6. The fourth-order valence-corrected chi connectivity index (χ4v) is 3.77. The molecule has 0 radical (unpaired) electrons. The largest absolute Gasteiger partial charge is 0.493 e. The second-order valence-corrected chi connectivity index (χ2v) is 9.07. The number of hydrogen-bond donors (Lipinski definition) is 1. The number of carboxylic acid groups (broad SMARTS) is 1. The highest BCUT2D eigenvalue weighted by Gasteiger charge is 2.29. The Morgan fingerprint density at radius 3 is 2.11 bits per heavy atom. The molecular formula is C30H31NO5. The van der Waals surface area contributed by atoms with Crippen LogP contribution in [0.25, 0.3) is 22.6 Å². The quantitative estimate of drug-likeness (QED) is 0.251. The highest BCUT2D eigenvalue weighted by molar-refractivity contribution is 5.76. The maximum atomic E-state index is 11.2. The number of carboxylic acids is 1. The third-order valence-corrected chi connectivity index (χ3v) is 5.81. The number of hydrogen-bond acceptors (Lipinski definition) is 5. The minimum atomic E-state index is -1.30. The van der Waals surface area contributed by atoms with Crippen LogP contribution in [0.3, 0.4) is 0 Å². The van der Waals surface area contributed by atoms with E-state index in [2.05, 4.69) is 31.2 Å². The van der Waals surface area contributed by atoms with Crippen LogP contribution in [0.2, 0.25) is 0 Å². The van der Waals surface area contributed by atoms with Gasteiger partial charge in [0.1, 0.15) is 17.3 Å². The number of aryl methyl sites for hydroxylation is 1. The monoisotopic (exact) mass is 485 g/mol. The Kier molecular flexibility index (Phi) is 7.74. The van der Waals surface area contributed by atoms with Crippen molar-refractivity contribution in [3.05, 3.63) is 90.3 Å². The van der Waals surface area contributed by atoms with Gasteiger partial charge in [0.2, 0.25) is 5.89 Å². The second-order valence-electron chi connectivity index (χ2n) is 9.07. The summed E-state index contributed by atoms with van der Waals surface area (Å²) in [7, 11) is 0. The fraction of sp³-hybridized carbons (Fsp3) is 0.267. The molecule has 0 aliphatic heterocycles. The van der Waals surface area contributed by atoms with Crippen LogP contribution in [0.4, 0.5) is 0 Å². The lowest BCUT2D eigenvalue weighted by Crippen LogP contribution is -2.37. The average molecular weight is 486 g/mol. The third kappa shape index (κ3) is 6.13. The predicted molar refractivity (Wildman–Crippen MR) is 139 cm³/mol. The minimum Gasteiger partial charge on any atom is -0.493 e. The van der Waals surface area contributed by atoms with Gasteiger partial charge >= 0.3 is 5.97 Å². The normalized spacial score (nSPS) is 11.3. The minimum absolute atomic E-state index is 0.441. The molecule has 6 heteroatoms. The lowest BCUT2D eigenvalue weighted by Gasteiger charge is -2.21. The third-order valence-electron chi connectivity index (χ3n) is 5.81. The molecule has 0 aliphatic rings. The Morgan fingerprint density at radius 1 is 0.861 bits per heavy atom. The number of benzene rings is 3. The van der Waals surface area contributed by atoms with Crippen LogP contribution < -0.4 is 9.47 Å². The molecule has 0 bridgehead atoms. The van der Waals surface area contributed by atoms with Gasteiger partial charge in [-0.2, -0.15) is 0 Å². The molecule has 4 rings (SSSR count). The van der Waals surface area contributed by atoms with Crippen molar-refractivity contribution in [2.45, 2.75) is 45.6 Å². The van der Waals surface area contributed by atoms with Crippen LogP contribution in [0.1, 0.15) is 38.6 Å². The van der Waals surface area contributed by atoms with E-state index in [-0.39, 0.29) is 0 Å². The van der Waals surface area contributed by atoms with E-state index in [1.807, 2.05) is 30.3 Å². The first-order chi connectivity index (χ1) is 17.4. The molecule has 4 aromatic rings. The van der Waals surface area contributed by atoms with E-state index in [0.717, 1.165) is 35.4 Å². The van der Waals surface area contributed by atoms with Crippen LogP contribution in [0.15, 0.2) is 83.3 Å². The van der Waals surface area contributed by atoms with Gasteiger partial charge in [-0.15, -0.1) is 0 Å². The number of nitrogens with zero attached hydrogens (tertiary/aromatic N) is 1. The van der Waals surface area contributed by atoms with Crippen molar-refractivity contribution in [2.24, 2.45) is 0 Å². The Hall–Kier alpha value is -4.06. The van der Waals surface area contributed by atoms with Gasteiger partial charge in [-0.3, -0.25) is 0 Å². The first-order valence-corrected chi connectivity index (χ1v) is 12.2. The van der Waals surface area contributed by atoms with Crippen molar-refractivity contribution in [3.63, 3.8) is 0 Å². The van der Waals surface area contributed by atoms with Gasteiger partial charge in [0.25, 0.3) is 0 Å². The maximum absolute atomic E-state index is 11.2. The van der Waals surface area contributed by atoms with Crippen molar-refractivity contribution < 1.29 is 23.8 Å². The predicted octanol–water partition coefficient (Wildman–Crippen LogP) is 6.82. The molecule has 36 heavy (non-hydrogen) atoms. The van der Waals surface area contributed by atoms with Gasteiger partial charge in [0.15, 0.2) is 5.60 Å². The highest BCUT2D eigenvalue weighted by atomic mass is 16.5. The fourth-order valence-electron chi connectivity index (χ4n) is 3.77. The van der Waals surface area contributed by atoms with Gasteiger partial charge in [-0.1, -0.05) is 49.4 Å². The zero-order valence-electron chi connectivity index (χ0n) is 20.9. The van der Waals surface area contributed by atoms with Crippen LogP contribution in [0, 0.1) is 0 Å². The number of aliphatic carboxylic acids is 1. The van der Waals surface area contributed by atoms with E-state index in [4.69, 9.17) is 18.9 Å². The summed E-state index contributed by atoms with van der Waals surface area (Å²) in [6.07, 6.45) is 2.39. The molecule has 0 atom stereocenters. The molecule has 1 N–H and O–H groups in total. The average Bonchev–Trinajstić information content (AvgIpc) is 3.28. The lowest BCUT2D eigenvalue weighted by molar-refractivity contribution is -0.152. The summed E-state index contributed by atoms with van der Waals surface area (Å²) >= 11 is 0. The first kappa shape index (κ1) is 25.0. The number of aromatic nitrogens is 1. The molecule has 0 amide bonds. The van der Waals surface area contributed by atoms with Crippen LogP contribution in [0.5, 0.6) is 11.5 Å². The molecule has 0 unspecified atom stereocenters. The van der Waals surface area contributed by atoms with Crippen molar-refractivity contribution in [3.8, 4) is 34.1 Å². The Bertz CT molecular complexity index is 1280. The molecule has 0 saturated heterocycles. The van der Waals surface area contributed by atoms with Gasteiger partial charge in [0, 0.05) is 18.4 Å². The summed E-state index contributed by atoms with van der Waals surface area (Å²) in [5, 5.41) is 9.21. The van der Waals surface area contributed by atoms with E-state index in [1.165, 1.54) is 19.4 Å². The van der Waals surface area contributed by atoms with Crippen molar-refractivity contribution >= 4 is 5.97 Å². The van der Waals surface area contributed by atoms with Gasteiger partial charge in [-0.05, 0) is 67.8 Å². The summed E-state index contributed by atoms with van der Waals surface area (Å²) in [4.78, 5) is 16.0. The standard InChI is InChI=1S/C30H31NO5/c1-4-8-27-26(19-20-34-24-15-17-25(18-16-24)36-30(2,3)29(32)33)31-28(35-27)23-13-11-22(12-14-23)21-9-6-5-7-10-21/h5-7,9-18H,4,8,19-20H2,1-3H3,(H,32,33). The van der Waals surface area contributed by atoms with Gasteiger partial charge in [0.05, 0.1) is 12.3 Å². The molecular weight excluding hydrogens is 454 g/mol. The van der Waals surface area contributed by atoms with Gasteiger partial charge < -0.3 is 19.0 Å². The van der Waals surface area contributed by atoms with E-state index in [9.17, 15) is 9.90 Å². The van der Waals surface area contributed by atoms with Crippen LogP contribution in [-0.2, 0) is 17.6 Å². The van der Waals surface area contributed by atoms with E-state index in [0.29, 0.717) is 30.4 Å². The first-order valence-electron chi connectivity index (χ1n) is 12.2. The number of carbonyl (C=O) groups is 1. The lowest BCUT2D eigenvalue weighted by atomic mass is 10.0. The number of oxazole rings is 1. The van der Waals surface area contributed by atoms with Crippen molar-refractivity contribution in [1.29, 1.82) is 0 Å². The molecule has 1 heterocycles. The zero-order chi connectivity index (χ0) is 25.5.